The second-order valence-corrected chi connectivity index (χ2v) is 5.30. The third-order valence-corrected chi connectivity index (χ3v) is 3.48. The summed E-state index contributed by atoms with van der Waals surface area (Å²) in [6.45, 7) is 1.91. The van der Waals surface area contributed by atoms with Gasteiger partial charge in [-0.05, 0) is 13.0 Å². The van der Waals surface area contributed by atoms with Gasteiger partial charge in [-0.1, -0.05) is 17.7 Å². The second-order valence-electron chi connectivity index (χ2n) is 3.21. The minimum atomic E-state index is -4.43. The van der Waals surface area contributed by atoms with Crippen molar-refractivity contribution in [3.8, 4) is 0 Å². The fraction of sp³-hybridized carbons (Fsp3) is 0.500. The largest absolute Gasteiger partial charge is 0.462 e. The molecule has 0 rings (SSSR count). The molecule has 0 bridgehead atoms. The van der Waals surface area contributed by atoms with Gasteiger partial charge in [0.05, 0.1) is 10.8 Å². The monoisotopic (exact) mass is 304 g/mol. The van der Waals surface area contributed by atoms with Crippen LogP contribution in [0.15, 0.2) is 22.1 Å². The molecule has 0 aliphatic rings. The number of allylic oxidation sites excluding steroid dienone is 1. The highest BCUT2D eigenvalue weighted by Gasteiger charge is 2.29. The van der Waals surface area contributed by atoms with Crippen LogP contribution in [-0.2, 0) is 20.3 Å². The van der Waals surface area contributed by atoms with Crippen molar-refractivity contribution in [1.82, 2.24) is 0 Å². The van der Waals surface area contributed by atoms with E-state index >= 15 is 0 Å². The second kappa shape index (κ2) is 7.58. The minimum absolute atomic E-state index is 0.150. The fourth-order valence-electron chi connectivity index (χ4n) is 0.714. The molecule has 0 aliphatic heterocycles. The van der Waals surface area contributed by atoms with Crippen molar-refractivity contribution < 1.29 is 26.9 Å². The zero-order chi connectivity index (χ0) is 14.3. The van der Waals surface area contributed by atoms with Gasteiger partial charge in [0.25, 0.3) is 0 Å². The summed E-state index contributed by atoms with van der Waals surface area (Å²) in [6, 6.07) is 0. The normalized spacial score (nSPS) is 15.4. The molecule has 0 aromatic heterocycles. The Balaban J connectivity index is 4.37. The lowest BCUT2D eigenvalue weighted by molar-refractivity contribution is -0.139. The van der Waals surface area contributed by atoms with E-state index in [-0.39, 0.29) is 16.7 Å². The van der Waals surface area contributed by atoms with Gasteiger partial charge in [-0.25, -0.2) is 0 Å². The number of halogens is 4. The van der Waals surface area contributed by atoms with E-state index in [1.54, 1.807) is 0 Å². The first-order valence-electron chi connectivity index (χ1n) is 4.76. The van der Waals surface area contributed by atoms with Crippen molar-refractivity contribution in [3.05, 3.63) is 22.1 Å². The average Bonchev–Trinajstić information content (AvgIpc) is 2.23. The van der Waals surface area contributed by atoms with Crippen molar-refractivity contribution in [1.29, 1.82) is 0 Å². The van der Waals surface area contributed by atoms with Crippen molar-refractivity contribution in [3.63, 3.8) is 0 Å². The summed E-state index contributed by atoms with van der Waals surface area (Å²) in [7, 11) is -1.78. The van der Waals surface area contributed by atoms with Crippen LogP contribution >= 0.6 is 11.6 Å². The van der Waals surface area contributed by atoms with E-state index in [9.17, 15) is 22.2 Å². The zero-order valence-corrected chi connectivity index (χ0v) is 11.3. The molecule has 0 saturated carbocycles. The van der Waals surface area contributed by atoms with Gasteiger partial charge in [-0.3, -0.25) is 9.00 Å². The van der Waals surface area contributed by atoms with Crippen molar-refractivity contribution >= 4 is 28.4 Å². The van der Waals surface area contributed by atoms with E-state index in [2.05, 4.69) is 4.74 Å². The average molecular weight is 305 g/mol. The molecule has 104 valence electrons. The lowest BCUT2D eigenvalue weighted by Gasteiger charge is -2.05. The van der Waals surface area contributed by atoms with Crippen LogP contribution in [0.4, 0.5) is 13.2 Å². The Labute approximate surface area is 110 Å². The summed E-state index contributed by atoms with van der Waals surface area (Å²) in [5, 5.41) is 0. The van der Waals surface area contributed by atoms with Crippen LogP contribution in [0.2, 0.25) is 0 Å². The molecule has 3 nitrogen and oxygen atoms in total. The maximum Gasteiger partial charge on any atom is 0.412 e. The zero-order valence-electron chi connectivity index (χ0n) is 9.71. The summed E-state index contributed by atoms with van der Waals surface area (Å²) in [6.07, 6.45) is -2.45. The van der Waals surface area contributed by atoms with Gasteiger partial charge in [0.2, 0.25) is 0 Å². The molecule has 0 aliphatic carbocycles. The predicted octanol–water partition coefficient (Wildman–Crippen LogP) is 2.89. The highest BCUT2D eigenvalue weighted by Crippen LogP contribution is 2.24. The molecule has 0 N–H and O–H groups in total. The standard InChI is InChI=1S/C10H12ClF3O3S/c1-7(10(12,13)14)4-6-18(16)9(11)3-5-17-8(2)15/h3-4H,5-6H2,1-2H3/b7-4?,9-3+. The molecule has 8 heteroatoms. The van der Waals surface area contributed by atoms with Gasteiger partial charge in [0.1, 0.15) is 11.0 Å². The highest BCUT2D eigenvalue weighted by atomic mass is 35.5. The van der Waals surface area contributed by atoms with Crippen molar-refractivity contribution in [2.75, 3.05) is 12.4 Å². The van der Waals surface area contributed by atoms with Gasteiger partial charge >= 0.3 is 12.1 Å². The van der Waals surface area contributed by atoms with Crippen LogP contribution in [0.25, 0.3) is 0 Å². The molecule has 0 fully saturated rings. The van der Waals surface area contributed by atoms with Gasteiger partial charge < -0.3 is 4.74 Å². The molecule has 18 heavy (non-hydrogen) atoms. The van der Waals surface area contributed by atoms with Crippen molar-refractivity contribution in [2.24, 2.45) is 0 Å². The summed E-state index contributed by atoms with van der Waals surface area (Å²) in [5.74, 6) is -0.880. The van der Waals surface area contributed by atoms with E-state index in [4.69, 9.17) is 11.6 Å². The molecule has 0 heterocycles. The van der Waals surface area contributed by atoms with E-state index < -0.39 is 28.5 Å². The van der Waals surface area contributed by atoms with Gasteiger partial charge in [0, 0.05) is 18.2 Å². The number of rotatable bonds is 5. The molecule has 0 amide bonds. The summed E-state index contributed by atoms with van der Waals surface area (Å²) in [5.41, 5.74) is -0.833. The lowest BCUT2D eigenvalue weighted by Crippen LogP contribution is -2.10. The molecule has 0 aromatic carbocycles. The highest BCUT2D eigenvalue weighted by molar-refractivity contribution is 7.90. The number of alkyl halides is 3. The Hall–Kier alpha value is -0.820. The maximum atomic E-state index is 12.1. The first-order valence-corrected chi connectivity index (χ1v) is 6.45. The predicted molar refractivity (Wildman–Crippen MR) is 63.4 cm³/mol. The Morgan fingerprint density at radius 1 is 1.33 bits per heavy atom. The van der Waals surface area contributed by atoms with Crippen LogP contribution in [0.1, 0.15) is 13.8 Å². The number of hydrogen-bond acceptors (Lipinski definition) is 3. The molecule has 1 unspecified atom stereocenters. The van der Waals surface area contributed by atoms with Crippen LogP contribution in [-0.4, -0.2) is 28.7 Å². The maximum absolute atomic E-state index is 12.1. The summed E-state index contributed by atoms with van der Waals surface area (Å²) in [4.78, 5) is 10.4. The van der Waals surface area contributed by atoms with Gasteiger partial charge in [-0.15, -0.1) is 0 Å². The topological polar surface area (TPSA) is 43.4 Å². The van der Waals surface area contributed by atoms with E-state index in [0.717, 1.165) is 13.0 Å². The number of esters is 1. The fourth-order valence-corrected chi connectivity index (χ4v) is 1.78. The first-order chi connectivity index (χ1) is 8.14. The number of carbonyl (C=O) groups is 1. The van der Waals surface area contributed by atoms with Crippen molar-refractivity contribution in [2.45, 2.75) is 20.0 Å². The summed E-state index contributed by atoms with van der Waals surface area (Å²) < 4.78 is 52.1. The Morgan fingerprint density at radius 2 is 1.89 bits per heavy atom. The lowest BCUT2D eigenvalue weighted by atomic mass is 10.3. The number of ether oxygens (including phenoxy) is 1. The van der Waals surface area contributed by atoms with Crippen LogP contribution in [0, 0.1) is 0 Å². The molecule has 0 spiro atoms. The quantitative estimate of drug-likeness (QED) is 0.579. The SMILES string of the molecule is CC(=O)OC/C=C(\Cl)S(=O)CC=C(C)C(F)(F)F. The van der Waals surface area contributed by atoms with Gasteiger partial charge in [0.15, 0.2) is 0 Å². The molecule has 0 radical (unpaired) electrons. The summed E-state index contributed by atoms with van der Waals surface area (Å²) >= 11 is 5.57. The van der Waals surface area contributed by atoms with Crippen LogP contribution in [0.5, 0.6) is 0 Å². The van der Waals surface area contributed by atoms with Crippen LogP contribution < -0.4 is 0 Å². The number of carbonyl (C=O) groups excluding carboxylic acids is 1. The third kappa shape index (κ3) is 7.50. The molecular formula is C10H12ClF3O3S. The molecular weight excluding hydrogens is 293 g/mol. The Kier molecular flexibility index (Phi) is 7.23. The third-order valence-electron chi connectivity index (χ3n) is 1.74. The molecule has 0 aromatic rings. The Morgan fingerprint density at radius 3 is 2.33 bits per heavy atom. The molecule has 0 saturated heterocycles. The Bertz CT molecular complexity index is 388. The smallest absolute Gasteiger partial charge is 0.412 e. The first kappa shape index (κ1) is 17.2. The van der Waals surface area contributed by atoms with Gasteiger partial charge in [-0.2, -0.15) is 13.2 Å². The van der Waals surface area contributed by atoms with E-state index in [1.807, 2.05) is 0 Å². The molecule has 1 atom stereocenters. The minimum Gasteiger partial charge on any atom is -0.462 e. The van der Waals surface area contributed by atoms with Crippen LogP contribution in [0.3, 0.4) is 0 Å². The number of hydrogen-bond donors (Lipinski definition) is 0. The van der Waals surface area contributed by atoms with E-state index in [0.29, 0.717) is 0 Å². The van der Waals surface area contributed by atoms with E-state index in [1.165, 1.54) is 13.0 Å².